The van der Waals surface area contributed by atoms with Crippen molar-refractivity contribution < 1.29 is 4.79 Å². The van der Waals surface area contributed by atoms with Crippen molar-refractivity contribution in [2.24, 2.45) is 5.73 Å². The maximum Gasteiger partial charge on any atom is 0.192 e. The van der Waals surface area contributed by atoms with E-state index in [1.807, 2.05) is 6.07 Å². The lowest BCUT2D eigenvalue weighted by Crippen LogP contribution is -2.31. The molecule has 0 aromatic carbocycles. The second kappa shape index (κ2) is 3.94. The molecule has 1 saturated heterocycles. The molecule has 1 aliphatic heterocycles. The summed E-state index contributed by atoms with van der Waals surface area (Å²) in [6.45, 7) is 2.26. The van der Waals surface area contributed by atoms with Crippen LogP contribution in [-0.4, -0.2) is 41.3 Å². The quantitative estimate of drug-likeness (QED) is 0.675. The van der Waals surface area contributed by atoms with E-state index in [-0.39, 0.29) is 11.8 Å². The maximum atomic E-state index is 11.7. The van der Waals surface area contributed by atoms with Crippen molar-refractivity contribution >= 4 is 5.78 Å². The van der Waals surface area contributed by atoms with E-state index in [9.17, 15) is 4.79 Å². The zero-order valence-electron chi connectivity index (χ0n) is 8.07. The number of nitrogens with zero attached hydrogens (tertiary/aromatic N) is 1. The van der Waals surface area contributed by atoms with Gasteiger partial charge in [-0.15, -0.1) is 0 Å². The summed E-state index contributed by atoms with van der Waals surface area (Å²) in [5.41, 5.74) is 6.44. The standard InChI is InChI=1S/C10H15N3O/c11-8-3-5-13(6-8)7-10(14)9-2-1-4-12-9/h1-2,4,8,12H,3,5-7,11H2/t8-/m1/s1. The van der Waals surface area contributed by atoms with Gasteiger partial charge in [0.15, 0.2) is 5.78 Å². The number of ketones is 1. The summed E-state index contributed by atoms with van der Waals surface area (Å²) >= 11 is 0. The van der Waals surface area contributed by atoms with Gasteiger partial charge >= 0.3 is 0 Å². The first-order valence-electron chi connectivity index (χ1n) is 4.90. The number of hydrogen-bond acceptors (Lipinski definition) is 3. The summed E-state index contributed by atoms with van der Waals surface area (Å²) in [5.74, 6) is 0.143. The van der Waals surface area contributed by atoms with Gasteiger partial charge in [-0.1, -0.05) is 0 Å². The third-order valence-electron chi connectivity index (χ3n) is 2.57. The molecule has 0 aliphatic carbocycles. The molecular weight excluding hydrogens is 178 g/mol. The van der Waals surface area contributed by atoms with Crippen LogP contribution in [-0.2, 0) is 0 Å². The van der Waals surface area contributed by atoms with Gasteiger partial charge in [0, 0.05) is 25.3 Å². The zero-order valence-corrected chi connectivity index (χ0v) is 8.07. The van der Waals surface area contributed by atoms with Gasteiger partial charge in [-0.25, -0.2) is 0 Å². The monoisotopic (exact) mass is 193 g/mol. The normalized spacial score (nSPS) is 22.8. The van der Waals surface area contributed by atoms with E-state index < -0.39 is 0 Å². The summed E-state index contributed by atoms with van der Waals surface area (Å²) in [6.07, 6.45) is 2.76. The molecule has 3 N–H and O–H groups in total. The van der Waals surface area contributed by atoms with Crippen LogP contribution in [0.5, 0.6) is 0 Å². The van der Waals surface area contributed by atoms with Gasteiger partial charge in [0.2, 0.25) is 0 Å². The molecule has 0 amide bonds. The van der Waals surface area contributed by atoms with E-state index in [0.29, 0.717) is 12.2 Å². The van der Waals surface area contributed by atoms with Gasteiger partial charge in [-0.05, 0) is 18.6 Å². The Morgan fingerprint density at radius 3 is 3.14 bits per heavy atom. The Bertz CT molecular complexity index is 307. The highest BCUT2D eigenvalue weighted by molar-refractivity contribution is 5.95. The number of hydrogen-bond donors (Lipinski definition) is 2. The van der Waals surface area contributed by atoms with Crippen LogP contribution in [0.15, 0.2) is 18.3 Å². The summed E-state index contributed by atoms with van der Waals surface area (Å²) in [6, 6.07) is 3.88. The summed E-state index contributed by atoms with van der Waals surface area (Å²) in [7, 11) is 0. The number of likely N-dealkylation sites (tertiary alicyclic amines) is 1. The van der Waals surface area contributed by atoms with Crippen molar-refractivity contribution in [1.82, 2.24) is 9.88 Å². The molecule has 1 atom stereocenters. The van der Waals surface area contributed by atoms with Gasteiger partial charge in [0.1, 0.15) is 0 Å². The minimum absolute atomic E-state index is 0.143. The summed E-state index contributed by atoms with van der Waals surface area (Å²) in [5, 5.41) is 0. The fourth-order valence-electron chi connectivity index (χ4n) is 1.80. The molecule has 1 aromatic rings. The number of carbonyl (C=O) groups excluding carboxylic acids is 1. The topological polar surface area (TPSA) is 62.1 Å². The molecule has 4 nitrogen and oxygen atoms in total. The van der Waals surface area contributed by atoms with Gasteiger partial charge in [0.25, 0.3) is 0 Å². The highest BCUT2D eigenvalue weighted by atomic mass is 16.1. The van der Waals surface area contributed by atoms with Crippen molar-refractivity contribution in [2.45, 2.75) is 12.5 Å². The second-order valence-electron chi connectivity index (χ2n) is 3.79. The minimum atomic E-state index is 0.143. The summed E-state index contributed by atoms with van der Waals surface area (Å²) in [4.78, 5) is 16.7. The second-order valence-corrected chi connectivity index (χ2v) is 3.79. The van der Waals surface area contributed by atoms with Crippen molar-refractivity contribution in [2.75, 3.05) is 19.6 Å². The number of H-pyrrole nitrogens is 1. The number of rotatable bonds is 3. The van der Waals surface area contributed by atoms with Crippen LogP contribution in [0.2, 0.25) is 0 Å². The first-order valence-corrected chi connectivity index (χ1v) is 4.90. The van der Waals surface area contributed by atoms with Crippen LogP contribution in [0.4, 0.5) is 0 Å². The minimum Gasteiger partial charge on any atom is -0.359 e. The molecule has 0 radical (unpaired) electrons. The van der Waals surface area contributed by atoms with Crippen molar-refractivity contribution in [3.8, 4) is 0 Å². The average molecular weight is 193 g/mol. The van der Waals surface area contributed by atoms with E-state index >= 15 is 0 Å². The van der Waals surface area contributed by atoms with Crippen LogP contribution >= 0.6 is 0 Å². The number of nitrogens with two attached hydrogens (primary N) is 1. The van der Waals surface area contributed by atoms with E-state index in [0.717, 1.165) is 19.5 Å². The first-order chi connectivity index (χ1) is 6.75. The predicted molar refractivity (Wildman–Crippen MR) is 54.2 cm³/mol. The van der Waals surface area contributed by atoms with Crippen LogP contribution in [0.25, 0.3) is 0 Å². The SMILES string of the molecule is N[C@@H]1CCN(CC(=O)c2ccc[nH]2)C1. The molecule has 0 unspecified atom stereocenters. The Hall–Kier alpha value is -1.13. The molecular formula is C10H15N3O. The fourth-order valence-corrected chi connectivity index (χ4v) is 1.80. The molecule has 2 heterocycles. The van der Waals surface area contributed by atoms with Crippen LogP contribution in [0, 0.1) is 0 Å². The largest absolute Gasteiger partial charge is 0.359 e. The van der Waals surface area contributed by atoms with E-state index in [2.05, 4.69) is 9.88 Å². The number of nitrogens with one attached hydrogen (secondary N) is 1. The third kappa shape index (κ3) is 2.02. The highest BCUT2D eigenvalue weighted by Crippen LogP contribution is 2.07. The molecule has 0 bridgehead atoms. The first kappa shape index (κ1) is 9.43. The van der Waals surface area contributed by atoms with Gasteiger partial charge < -0.3 is 10.7 Å². The molecule has 0 spiro atoms. The molecule has 1 aliphatic rings. The van der Waals surface area contributed by atoms with Crippen LogP contribution in [0.3, 0.4) is 0 Å². The molecule has 76 valence electrons. The Balaban J connectivity index is 1.89. The highest BCUT2D eigenvalue weighted by Gasteiger charge is 2.21. The molecule has 2 rings (SSSR count). The van der Waals surface area contributed by atoms with Gasteiger partial charge in [0.05, 0.1) is 12.2 Å². The van der Waals surface area contributed by atoms with E-state index in [1.165, 1.54) is 0 Å². The van der Waals surface area contributed by atoms with Crippen molar-refractivity contribution in [1.29, 1.82) is 0 Å². The van der Waals surface area contributed by atoms with Crippen molar-refractivity contribution in [3.63, 3.8) is 0 Å². The number of carbonyl (C=O) groups is 1. The van der Waals surface area contributed by atoms with Crippen LogP contribution in [0.1, 0.15) is 16.9 Å². The average Bonchev–Trinajstić information content (AvgIpc) is 2.75. The lowest BCUT2D eigenvalue weighted by Gasteiger charge is -2.12. The lowest BCUT2D eigenvalue weighted by atomic mass is 10.3. The van der Waals surface area contributed by atoms with Crippen molar-refractivity contribution in [3.05, 3.63) is 24.0 Å². The van der Waals surface area contributed by atoms with E-state index in [1.54, 1.807) is 12.3 Å². The maximum absolute atomic E-state index is 11.7. The predicted octanol–water partition coefficient (Wildman–Crippen LogP) is 0.230. The molecule has 1 fully saturated rings. The number of Topliss-reactive ketones (excluding diaryl/α,β-unsaturated/α-hetero) is 1. The zero-order chi connectivity index (χ0) is 9.97. The third-order valence-corrected chi connectivity index (χ3v) is 2.57. The van der Waals surface area contributed by atoms with Gasteiger partial charge in [-0.3, -0.25) is 9.69 Å². The Kier molecular flexibility index (Phi) is 2.65. The lowest BCUT2D eigenvalue weighted by molar-refractivity contribution is 0.0940. The Morgan fingerprint density at radius 1 is 1.71 bits per heavy atom. The summed E-state index contributed by atoms with van der Waals surface area (Å²) < 4.78 is 0. The smallest absolute Gasteiger partial charge is 0.192 e. The Morgan fingerprint density at radius 2 is 2.57 bits per heavy atom. The van der Waals surface area contributed by atoms with Crippen LogP contribution < -0.4 is 5.73 Å². The number of aromatic nitrogens is 1. The molecule has 4 heteroatoms. The van der Waals surface area contributed by atoms with Gasteiger partial charge in [-0.2, -0.15) is 0 Å². The van der Waals surface area contributed by atoms with E-state index in [4.69, 9.17) is 5.73 Å². The Labute approximate surface area is 83.1 Å². The number of aromatic amines is 1. The fraction of sp³-hybridized carbons (Fsp3) is 0.500. The molecule has 0 saturated carbocycles. The molecule has 1 aromatic heterocycles. The molecule has 14 heavy (non-hydrogen) atoms.